The fourth-order valence-corrected chi connectivity index (χ4v) is 1.88. The van der Waals surface area contributed by atoms with Gasteiger partial charge >= 0.3 is 5.97 Å². The maximum absolute atomic E-state index is 10.8. The van der Waals surface area contributed by atoms with Gasteiger partial charge in [0, 0.05) is 6.07 Å². The average molecular weight is 222 g/mol. The van der Waals surface area contributed by atoms with Crippen molar-refractivity contribution in [3.63, 3.8) is 0 Å². The molecule has 0 unspecified atom stereocenters. The number of benzene rings is 1. The van der Waals surface area contributed by atoms with Gasteiger partial charge in [0.1, 0.15) is 11.5 Å². The number of carbonyl (C=O) groups is 1. The quantitative estimate of drug-likeness (QED) is 0.845. The zero-order valence-electron chi connectivity index (χ0n) is 9.27. The Labute approximate surface area is 93.8 Å². The molecule has 0 aromatic heterocycles. The molecule has 16 heavy (non-hydrogen) atoms. The maximum Gasteiger partial charge on any atom is 0.307 e. The van der Waals surface area contributed by atoms with Gasteiger partial charge in [0.25, 0.3) is 0 Å². The molecule has 4 heteroatoms. The van der Waals surface area contributed by atoms with E-state index >= 15 is 0 Å². The summed E-state index contributed by atoms with van der Waals surface area (Å²) in [6.45, 7) is 0. The number of rotatable bonds is 4. The molecule has 0 spiro atoms. The maximum atomic E-state index is 10.8. The predicted molar refractivity (Wildman–Crippen MR) is 58.0 cm³/mol. The highest BCUT2D eigenvalue weighted by Gasteiger charge is 2.44. The molecule has 1 aliphatic rings. The van der Waals surface area contributed by atoms with E-state index < -0.39 is 5.97 Å². The minimum absolute atomic E-state index is 0.0986. The third-order valence-electron chi connectivity index (χ3n) is 2.91. The molecule has 0 saturated heterocycles. The van der Waals surface area contributed by atoms with Crippen molar-refractivity contribution >= 4 is 5.97 Å². The van der Waals surface area contributed by atoms with Crippen molar-refractivity contribution in [2.75, 3.05) is 14.2 Å². The Balaban J connectivity index is 2.24. The van der Waals surface area contributed by atoms with Crippen LogP contribution in [0.2, 0.25) is 0 Å². The van der Waals surface area contributed by atoms with Crippen LogP contribution in [0.5, 0.6) is 11.5 Å². The molecule has 1 aromatic rings. The number of hydrogen-bond donors (Lipinski definition) is 1. The molecule has 0 bridgehead atoms. The number of ether oxygens (including phenoxy) is 2. The molecule has 2 rings (SSSR count). The van der Waals surface area contributed by atoms with E-state index in [4.69, 9.17) is 14.6 Å². The van der Waals surface area contributed by atoms with Gasteiger partial charge in [-0.2, -0.15) is 0 Å². The molecule has 86 valence electrons. The minimum Gasteiger partial charge on any atom is -0.497 e. The molecule has 4 nitrogen and oxygen atoms in total. The zero-order chi connectivity index (χ0) is 11.7. The third-order valence-corrected chi connectivity index (χ3v) is 2.91. The fourth-order valence-electron chi connectivity index (χ4n) is 1.88. The lowest BCUT2D eigenvalue weighted by atomic mass is 10.1. The van der Waals surface area contributed by atoms with Crippen molar-refractivity contribution in [2.24, 2.45) is 5.92 Å². The van der Waals surface area contributed by atoms with E-state index in [1.54, 1.807) is 20.3 Å². The molecular weight excluding hydrogens is 208 g/mol. The van der Waals surface area contributed by atoms with Crippen LogP contribution in [-0.4, -0.2) is 25.3 Å². The first-order valence-electron chi connectivity index (χ1n) is 5.11. The summed E-state index contributed by atoms with van der Waals surface area (Å²) in [7, 11) is 3.17. The van der Waals surface area contributed by atoms with Crippen LogP contribution in [0.3, 0.4) is 0 Å². The van der Waals surface area contributed by atoms with E-state index in [9.17, 15) is 4.79 Å². The SMILES string of the molecule is COc1cc(OC)cc([C@@H]2C[C@@H]2C(=O)O)c1. The molecule has 1 aromatic carbocycles. The summed E-state index contributed by atoms with van der Waals surface area (Å²) >= 11 is 0. The lowest BCUT2D eigenvalue weighted by Crippen LogP contribution is -1.99. The van der Waals surface area contributed by atoms with Crippen molar-refractivity contribution in [2.45, 2.75) is 12.3 Å². The van der Waals surface area contributed by atoms with Gasteiger partial charge in [-0.05, 0) is 30.0 Å². The second-order valence-corrected chi connectivity index (χ2v) is 3.93. The lowest BCUT2D eigenvalue weighted by Gasteiger charge is -2.07. The van der Waals surface area contributed by atoms with Crippen LogP contribution in [0.25, 0.3) is 0 Å². The largest absolute Gasteiger partial charge is 0.497 e. The van der Waals surface area contributed by atoms with Crippen molar-refractivity contribution in [1.29, 1.82) is 0 Å². The van der Waals surface area contributed by atoms with Gasteiger partial charge in [-0.25, -0.2) is 0 Å². The van der Waals surface area contributed by atoms with Crippen molar-refractivity contribution in [3.05, 3.63) is 23.8 Å². The highest BCUT2D eigenvalue weighted by Crippen LogP contribution is 2.49. The normalized spacial score (nSPS) is 22.6. The Kier molecular flexibility index (Phi) is 2.73. The lowest BCUT2D eigenvalue weighted by molar-refractivity contribution is -0.138. The summed E-state index contributed by atoms with van der Waals surface area (Å²) in [6.07, 6.45) is 0.700. The average Bonchev–Trinajstić information content (AvgIpc) is 3.08. The Morgan fingerprint density at radius 2 is 1.81 bits per heavy atom. The Hall–Kier alpha value is -1.71. The predicted octanol–water partition coefficient (Wildman–Crippen LogP) is 1.89. The number of carboxylic acids is 1. The van der Waals surface area contributed by atoms with E-state index in [1.807, 2.05) is 12.1 Å². The monoisotopic (exact) mass is 222 g/mol. The summed E-state index contributed by atoms with van der Waals surface area (Å²) in [5.41, 5.74) is 0.976. The topological polar surface area (TPSA) is 55.8 Å². The van der Waals surface area contributed by atoms with Crippen LogP contribution in [0.1, 0.15) is 17.9 Å². The zero-order valence-corrected chi connectivity index (χ0v) is 9.27. The molecule has 1 N–H and O–H groups in total. The smallest absolute Gasteiger partial charge is 0.307 e. The Morgan fingerprint density at radius 3 is 2.19 bits per heavy atom. The van der Waals surface area contributed by atoms with E-state index in [-0.39, 0.29) is 11.8 Å². The van der Waals surface area contributed by atoms with Crippen LogP contribution in [-0.2, 0) is 4.79 Å². The molecule has 0 radical (unpaired) electrons. The van der Waals surface area contributed by atoms with E-state index in [2.05, 4.69) is 0 Å². The molecule has 0 amide bonds. The third kappa shape index (κ3) is 1.96. The van der Waals surface area contributed by atoms with Crippen LogP contribution >= 0.6 is 0 Å². The summed E-state index contributed by atoms with van der Waals surface area (Å²) in [4.78, 5) is 10.8. The van der Waals surface area contributed by atoms with Crippen molar-refractivity contribution in [3.8, 4) is 11.5 Å². The first-order valence-corrected chi connectivity index (χ1v) is 5.11. The van der Waals surface area contributed by atoms with Gasteiger partial charge in [0.15, 0.2) is 0 Å². The van der Waals surface area contributed by atoms with Crippen molar-refractivity contribution in [1.82, 2.24) is 0 Å². The van der Waals surface area contributed by atoms with Crippen LogP contribution < -0.4 is 9.47 Å². The van der Waals surface area contributed by atoms with Gasteiger partial charge in [-0.15, -0.1) is 0 Å². The number of aliphatic carboxylic acids is 1. The summed E-state index contributed by atoms with van der Waals surface area (Å²) in [5.74, 6) is 0.515. The molecule has 1 fully saturated rings. The number of methoxy groups -OCH3 is 2. The molecule has 0 aliphatic heterocycles. The molecule has 2 atom stereocenters. The summed E-state index contributed by atoms with van der Waals surface area (Å²) in [5, 5.41) is 8.88. The highest BCUT2D eigenvalue weighted by atomic mass is 16.5. The standard InChI is InChI=1S/C12H14O4/c1-15-8-3-7(4-9(5-8)16-2)10-6-11(10)12(13)14/h3-5,10-11H,6H2,1-2H3,(H,13,14)/t10-,11-/m0/s1. The molecular formula is C12H14O4. The number of hydrogen-bond acceptors (Lipinski definition) is 3. The Morgan fingerprint density at radius 1 is 1.25 bits per heavy atom. The van der Waals surface area contributed by atoms with Gasteiger partial charge in [-0.1, -0.05) is 0 Å². The first-order chi connectivity index (χ1) is 7.65. The van der Waals surface area contributed by atoms with Gasteiger partial charge in [0.05, 0.1) is 20.1 Å². The van der Waals surface area contributed by atoms with Crippen LogP contribution in [0.4, 0.5) is 0 Å². The van der Waals surface area contributed by atoms with Crippen LogP contribution in [0.15, 0.2) is 18.2 Å². The fraction of sp³-hybridized carbons (Fsp3) is 0.417. The van der Waals surface area contributed by atoms with Crippen LogP contribution in [0, 0.1) is 5.92 Å². The van der Waals surface area contributed by atoms with E-state index in [1.165, 1.54) is 0 Å². The van der Waals surface area contributed by atoms with Gasteiger partial charge in [0.2, 0.25) is 0 Å². The summed E-state index contributed by atoms with van der Waals surface area (Å²) in [6, 6.07) is 5.52. The second kappa shape index (κ2) is 4.04. The number of carboxylic acid groups (broad SMARTS) is 1. The first kappa shape index (κ1) is 10.8. The van der Waals surface area contributed by atoms with Gasteiger partial charge < -0.3 is 14.6 Å². The Bertz CT molecular complexity index is 391. The highest BCUT2D eigenvalue weighted by molar-refractivity contribution is 5.75. The second-order valence-electron chi connectivity index (χ2n) is 3.93. The molecule has 1 saturated carbocycles. The van der Waals surface area contributed by atoms with E-state index in [0.717, 1.165) is 5.56 Å². The van der Waals surface area contributed by atoms with E-state index in [0.29, 0.717) is 17.9 Å². The minimum atomic E-state index is -0.730. The molecule has 1 aliphatic carbocycles. The molecule has 0 heterocycles. The summed E-state index contributed by atoms with van der Waals surface area (Å²) < 4.78 is 10.3. The van der Waals surface area contributed by atoms with Crippen molar-refractivity contribution < 1.29 is 19.4 Å². The van der Waals surface area contributed by atoms with Gasteiger partial charge in [-0.3, -0.25) is 4.79 Å².